The lowest BCUT2D eigenvalue weighted by Gasteiger charge is -2.55. The summed E-state index contributed by atoms with van der Waals surface area (Å²) in [5.74, 6) is 1.61. The van der Waals surface area contributed by atoms with Crippen LogP contribution in [-0.2, 0) is 14.3 Å². The molecule has 5 rings (SSSR count). The van der Waals surface area contributed by atoms with Gasteiger partial charge in [-0.15, -0.1) is 0 Å². The number of hydrogen-bond acceptors (Lipinski definition) is 3. The molecule has 0 radical (unpaired) electrons. The fourth-order valence-corrected chi connectivity index (χ4v) is 6.13. The second kappa shape index (κ2) is 6.88. The molecule has 1 amide bonds. The number of rotatable bonds is 5. The maximum absolute atomic E-state index is 12.8. The van der Waals surface area contributed by atoms with Crippen LogP contribution in [0.3, 0.4) is 0 Å². The van der Waals surface area contributed by atoms with Gasteiger partial charge in [0.2, 0.25) is 0 Å². The molecule has 4 saturated carbocycles. The fourth-order valence-electron chi connectivity index (χ4n) is 5.83. The molecule has 4 bridgehead atoms. The van der Waals surface area contributed by atoms with E-state index in [1.807, 2.05) is 25.1 Å². The molecule has 0 aliphatic heterocycles. The normalized spacial score (nSPS) is 32.9. The summed E-state index contributed by atoms with van der Waals surface area (Å²) in [5.41, 5.74) is 0.540. The van der Waals surface area contributed by atoms with Gasteiger partial charge in [0.25, 0.3) is 5.91 Å². The van der Waals surface area contributed by atoms with Gasteiger partial charge < -0.3 is 10.1 Å². The Labute approximate surface area is 159 Å². The Morgan fingerprint density at radius 3 is 2.31 bits per heavy atom. The van der Waals surface area contributed by atoms with Crippen molar-refractivity contribution in [3.63, 3.8) is 0 Å². The minimum absolute atomic E-state index is 0.155. The summed E-state index contributed by atoms with van der Waals surface area (Å²) in [6, 6.07) is 7.20. The van der Waals surface area contributed by atoms with Gasteiger partial charge in [-0.25, -0.2) is 0 Å². The second-order valence-electron chi connectivity index (χ2n) is 8.58. The minimum Gasteiger partial charge on any atom is -0.455 e. The van der Waals surface area contributed by atoms with Crippen LogP contribution in [-0.4, -0.2) is 18.5 Å². The van der Waals surface area contributed by atoms with Crippen LogP contribution in [0.15, 0.2) is 24.3 Å². The molecule has 0 saturated heterocycles. The van der Waals surface area contributed by atoms with Crippen LogP contribution >= 0.6 is 11.6 Å². The number of carbonyl (C=O) groups excluding carboxylic acids is 2. The molecular formula is C21H26ClNO3. The summed E-state index contributed by atoms with van der Waals surface area (Å²) >= 11 is 6.17. The van der Waals surface area contributed by atoms with Crippen LogP contribution < -0.4 is 5.32 Å². The zero-order valence-corrected chi connectivity index (χ0v) is 15.9. The van der Waals surface area contributed by atoms with Crippen molar-refractivity contribution in [1.82, 2.24) is 5.32 Å². The number of nitrogens with one attached hydrogen (secondary N) is 1. The van der Waals surface area contributed by atoms with Gasteiger partial charge in [0, 0.05) is 5.02 Å². The number of hydrogen-bond donors (Lipinski definition) is 1. The van der Waals surface area contributed by atoms with E-state index in [1.165, 1.54) is 19.3 Å². The number of carbonyl (C=O) groups is 2. The van der Waals surface area contributed by atoms with Gasteiger partial charge in [-0.2, -0.15) is 0 Å². The van der Waals surface area contributed by atoms with Crippen LogP contribution in [0.1, 0.15) is 57.1 Å². The molecule has 1 aromatic rings. The van der Waals surface area contributed by atoms with Crippen molar-refractivity contribution >= 4 is 23.5 Å². The molecule has 26 heavy (non-hydrogen) atoms. The first-order valence-electron chi connectivity index (χ1n) is 9.66. The van der Waals surface area contributed by atoms with Crippen molar-refractivity contribution in [2.75, 3.05) is 6.61 Å². The molecule has 1 atom stereocenters. The molecule has 0 spiro atoms. The van der Waals surface area contributed by atoms with E-state index in [9.17, 15) is 9.59 Å². The van der Waals surface area contributed by atoms with E-state index in [2.05, 4.69) is 5.32 Å². The molecule has 4 aliphatic rings. The quantitative estimate of drug-likeness (QED) is 0.781. The third-order valence-electron chi connectivity index (χ3n) is 6.55. The molecule has 4 aliphatic carbocycles. The van der Waals surface area contributed by atoms with Gasteiger partial charge in [0.15, 0.2) is 6.61 Å². The van der Waals surface area contributed by atoms with Gasteiger partial charge in [-0.3, -0.25) is 9.59 Å². The Morgan fingerprint density at radius 2 is 1.73 bits per heavy atom. The maximum atomic E-state index is 12.8. The summed E-state index contributed by atoms with van der Waals surface area (Å²) in [5, 5.41) is 3.48. The monoisotopic (exact) mass is 375 g/mol. The summed E-state index contributed by atoms with van der Waals surface area (Å²) in [4.78, 5) is 25.0. The third kappa shape index (κ3) is 3.36. The average Bonchev–Trinajstić information content (AvgIpc) is 2.58. The summed E-state index contributed by atoms with van der Waals surface area (Å²) in [6.45, 7) is 1.66. The molecule has 1 aromatic carbocycles. The predicted octanol–water partition coefficient (Wildman–Crippen LogP) is 4.28. The van der Waals surface area contributed by atoms with Crippen molar-refractivity contribution in [1.29, 1.82) is 0 Å². The highest BCUT2D eigenvalue weighted by Gasteiger charge is 2.55. The Hall–Kier alpha value is -1.55. The molecule has 0 heterocycles. The Balaban J connectivity index is 1.32. The predicted molar refractivity (Wildman–Crippen MR) is 99.6 cm³/mol. The highest BCUT2D eigenvalue weighted by molar-refractivity contribution is 6.31. The summed E-state index contributed by atoms with van der Waals surface area (Å²) in [6.07, 6.45) is 6.70. The van der Waals surface area contributed by atoms with Crippen molar-refractivity contribution < 1.29 is 14.3 Å². The Morgan fingerprint density at radius 1 is 1.15 bits per heavy atom. The van der Waals surface area contributed by atoms with Crippen molar-refractivity contribution in [3.8, 4) is 0 Å². The molecule has 4 nitrogen and oxygen atoms in total. The van der Waals surface area contributed by atoms with Crippen LogP contribution in [0.4, 0.5) is 0 Å². The van der Waals surface area contributed by atoms with Crippen LogP contribution in [0.5, 0.6) is 0 Å². The van der Waals surface area contributed by atoms with Crippen LogP contribution in [0, 0.1) is 23.2 Å². The maximum Gasteiger partial charge on any atom is 0.312 e. The number of halogens is 1. The Kier molecular flexibility index (Phi) is 4.72. The molecule has 4 fully saturated rings. The molecular weight excluding hydrogens is 350 g/mol. The van der Waals surface area contributed by atoms with E-state index in [0.717, 1.165) is 24.8 Å². The third-order valence-corrected chi connectivity index (χ3v) is 6.90. The number of ether oxygens (including phenoxy) is 1. The van der Waals surface area contributed by atoms with Gasteiger partial charge in [-0.1, -0.05) is 29.8 Å². The Bertz CT molecular complexity index is 682. The molecule has 140 valence electrons. The van der Waals surface area contributed by atoms with E-state index in [-0.39, 0.29) is 29.9 Å². The zero-order chi connectivity index (χ0) is 18.3. The highest BCUT2D eigenvalue weighted by Crippen LogP contribution is 2.60. The van der Waals surface area contributed by atoms with Crippen LogP contribution in [0.25, 0.3) is 0 Å². The lowest BCUT2D eigenvalue weighted by Crippen LogP contribution is -2.51. The van der Waals surface area contributed by atoms with Gasteiger partial charge in [0.05, 0.1) is 11.5 Å². The fraction of sp³-hybridized carbons (Fsp3) is 0.619. The van der Waals surface area contributed by atoms with Crippen LogP contribution in [0.2, 0.25) is 5.02 Å². The first-order chi connectivity index (χ1) is 12.4. The number of esters is 1. The first-order valence-corrected chi connectivity index (χ1v) is 10.0. The van der Waals surface area contributed by atoms with Crippen molar-refractivity contribution in [2.45, 2.75) is 51.5 Å². The second-order valence-corrected chi connectivity index (χ2v) is 8.99. The molecule has 5 heteroatoms. The van der Waals surface area contributed by atoms with Crippen molar-refractivity contribution in [3.05, 3.63) is 34.9 Å². The summed E-state index contributed by atoms with van der Waals surface area (Å²) in [7, 11) is 0. The highest BCUT2D eigenvalue weighted by atomic mass is 35.5. The van der Waals surface area contributed by atoms with E-state index in [1.54, 1.807) is 6.07 Å². The van der Waals surface area contributed by atoms with Gasteiger partial charge >= 0.3 is 5.97 Å². The lowest BCUT2D eigenvalue weighted by atomic mass is 9.49. The van der Waals surface area contributed by atoms with Gasteiger partial charge in [0.1, 0.15) is 0 Å². The molecule has 0 unspecified atom stereocenters. The molecule has 0 aromatic heterocycles. The lowest BCUT2D eigenvalue weighted by molar-refractivity contribution is -0.173. The molecule has 1 N–H and O–H groups in total. The number of benzene rings is 1. The van der Waals surface area contributed by atoms with E-state index in [0.29, 0.717) is 22.8 Å². The van der Waals surface area contributed by atoms with E-state index in [4.69, 9.17) is 16.3 Å². The van der Waals surface area contributed by atoms with E-state index >= 15 is 0 Å². The minimum atomic E-state index is -0.316. The first kappa shape index (κ1) is 17.8. The largest absolute Gasteiger partial charge is 0.455 e. The summed E-state index contributed by atoms with van der Waals surface area (Å²) < 4.78 is 5.47. The van der Waals surface area contributed by atoms with Gasteiger partial charge in [-0.05, 0) is 74.8 Å². The topological polar surface area (TPSA) is 55.4 Å². The standard InChI is InChI=1S/C21H26ClNO3/c1-13(17-4-2-3-5-18(17)22)23-19(24)12-26-20(25)21-9-14-6-15(10-21)8-16(7-14)11-21/h2-5,13-16H,6-12H2,1H3,(H,23,24)/t13-,14?,15?,16?,21?/m1/s1. The average molecular weight is 376 g/mol. The zero-order valence-electron chi connectivity index (χ0n) is 15.2. The smallest absolute Gasteiger partial charge is 0.312 e. The van der Waals surface area contributed by atoms with Crippen molar-refractivity contribution in [2.24, 2.45) is 23.2 Å². The van der Waals surface area contributed by atoms with E-state index < -0.39 is 0 Å². The SMILES string of the molecule is C[C@@H](NC(=O)COC(=O)C12CC3CC(CC(C3)C1)C2)c1ccccc1Cl. The number of amides is 1.